The lowest BCUT2D eigenvalue weighted by Gasteiger charge is -2.42. The van der Waals surface area contributed by atoms with Crippen LogP contribution in [-0.4, -0.2) is 6.54 Å². The number of fused-ring (bicyclic) bond motifs is 1. The van der Waals surface area contributed by atoms with Crippen molar-refractivity contribution in [2.45, 2.75) is 58.9 Å². The zero-order chi connectivity index (χ0) is 14.9. The first-order chi connectivity index (χ1) is 10.2. The Morgan fingerprint density at radius 3 is 2.62 bits per heavy atom. The maximum atomic E-state index is 6.14. The summed E-state index contributed by atoms with van der Waals surface area (Å²) >= 11 is 0. The van der Waals surface area contributed by atoms with Gasteiger partial charge in [0.05, 0.1) is 6.04 Å². The molecule has 1 N–H and O–H groups in total. The Kier molecular flexibility index (Phi) is 4.08. The number of furan rings is 1. The lowest BCUT2D eigenvalue weighted by atomic mass is 9.67. The van der Waals surface area contributed by atoms with Crippen LogP contribution in [0.1, 0.15) is 63.8 Å². The molecular weight excluding hydrogens is 258 g/mol. The van der Waals surface area contributed by atoms with Crippen molar-refractivity contribution in [1.82, 2.24) is 5.32 Å². The second kappa shape index (κ2) is 5.84. The van der Waals surface area contributed by atoms with E-state index in [1.165, 1.54) is 36.6 Å². The van der Waals surface area contributed by atoms with E-state index < -0.39 is 0 Å². The molecular formula is C19H27NO. The fourth-order valence-electron chi connectivity index (χ4n) is 3.63. The number of para-hydroxylation sites is 1. The monoisotopic (exact) mass is 285 g/mol. The summed E-state index contributed by atoms with van der Waals surface area (Å²) in [6.07, 6.45) is 6.47. The van der Waals surface area contributed by atoms with Gasteiger partial charge < -0.3 is 9.73 Å². The topological polar surface area (TPSA) is 25.2 Å². The van der Waals surface area contributed by atoms with Gasteiger partial charge in [0.15, 0.2) is 0 Å². The Balaban J connectivity index is 1.79. The zero-order valence-electron chi connectivity index (χ0n) is 13.5. The Hall–Kier alpha value is -1.28. The predicted octanol–water partition coefficient (Wildman–Crippen LogP) is 5.23. The van der Waals surface area contributed by atoms with Crippen molar-refractivity contribution in [3.8, 4) is 0 Å². The number of nitrogens with one attached hydrogen (secondary N) is 1. The summed E-state index contributed by atoms with van der Waals surface area (Å²) in [5, 5.41) is 5.01. The van der Waals surface area contributed by atoms with Crippen LogP contribution in [-0.2, 0) is 6.42 Å². The molecule has 0 spiro atoms. The molecule has 1 atom stereocenters. The lowest BCUT2D eigenvalue weighted by molar-refractivity contribution is 0.118. The molecule has 2 heteroatoms. The molecule has 0 saturated heterocycles. The predicted molar refractivity (Wildman–Crippen MR) is 88.6 cm³/mol. The summed E-state index contributed by atoms with van der Waals surface area (Å²) < 4.78 is 6.14. The van der Waals surface area contributed by atoms with E-state index in [1.807, 2.05) is 6.07 Å². The van der Waals surface area contributed by atoms with Gasteiger partial charge in [-0.15, -0.1) is 0 Å². The Bertz CT molecular complexity index is 604. The van der Waals surface area contributed by atoms with E-state index in [4.69, 9.17) is 4.42 Å². The minimum absolute atomic E-state index is 0.288. The maximum absolute atomic E-state index is 6.14. The van der Waals surface area contributed by atoms with Crippen molar-refractivity contribution in [3.63, 3.8) is 0 Å². The first-order valence-corrected chi connectivity index (χ1v) is 8.43. The maximum Gasteiger partial charge on any atom is 0.134 e. The van der Waals surface area contributed by atoms with Crippen LogP contribution in [0.2, 0.25) is 0 Å². The highest BCUT2D eigenvalue weighted by Crippen LogP contribution is 2.43. The molecule has 2 aromatic rings. The summed E-state index contributed by atoms with van der Waals surface area (Å²) in [7, 11) is 0. The van der Waals surface area contributed by atoms with Gasteiger partial charge in [0.1, 0.15) is 11.3 Å². The molecule has 1 aromatic heterocycles. The molecule has 21 heavy (non-hydrogen) atoms. The largest absolute Gasteiger partial charge is 0.459 e. The summed E-state index contributed by atoms with van der Waals surface area (Å²) in [4.78, 5) is 0. The third kappa shape index (κ3) is 2.62. The van der Waals surface area contributed by atoms with Crippen LogP contribution < -0.4 is 5.32 Å². The van der Waals surface area contributed by atoms with Crippen molar-refractivity contribution >= 4 is 11.0 Å². The molecule has 1 unspecified atom stereocenters. The van der Waals surface area contributed by atoms with Gasteiger partial charge in [-0.3, -0.25) is 0 Å². The fraction of sp³-hybridized carbons (Fsp3) is 0.579. The highest BCUT2D eigenvalue weighted by atomic mass is 16.3. The smallest absolute Gasteiger partial charge is 0.134 e. The van der Waals surface area contributed by atoms with Gasteiger partial charge in [-0.2, -0.15) is 0 Å². The third-order valence-corrected chi connectivity index (χ3v) is 5.42. The molecule has 1 saturated carbocycles. The number of aryl methyl sites for hydroxylation is 1. The fourth-order valence-corrected chi connectivity index (χ4v) is 3.63. The summed E-state index contributed by atoms with van der Waals surface area (Å²) in [6.45, 7) is 7.89. The van der Waals surface area contributed by atoms with Gasteiger partial charge in [0.25, 0.3) is 0 Å². The van der Waals surface area contributed by atoms with Crippen molar-refractivity contribution in [3.05, 3.63) is 35.6 Å². The van der Waals surface area contributed by atoms with Gasteiger partial charge in [-0.05, 0) is 44.1 Å². The van der Waals surface area contributed by atoms with E-state index in [2.05, 4.69) is 44.3 Å². The van der Waals surface area contributed by atoms with Gasteiger partial charge in [-0.1, -0.05) is 38.5 Å². The molecule has 1 aromatic carbocycles. The van der Waals surface area contributed by atoms with E-state index in [0.717, 1.165) is 24.3 Å². The lowest BCUT2D eigenvalue weighted by Crippen LogP contribution is -2.40. The van der Waals surface area contributed by atoms with Crippen LogP contribution >= 0.6 is 0 Å². The first-order valence-electron chi connectivity index (χ1n) is 8.43. The molecule has 1 aliphatic carbocycles. The summed E-state index contributed by atoms with van der Waals surface area (Å²) in [5.74, 6) is 1.13. The average Bonchev–Trinajstić information content (AvgIpc) is 2.85. The molecule has 0 amide bonds. The second-order valence-electron chi connectivity index (χ2n) is 6.60. The molecule has 0 bridgehead atoms. The third-order valence-electron chi connectivity index (χ3n) is 5.42. The van der Waals surface area contributed by atoms with Crippen LogP contribution in [0.25, 0.3) is 11.0 Å². The van der Waals surface area contributed by atoms with Crippen molar-refractivity contribution in [2.24, 2.45) is 5.41 Å². The minimum Gasteiger partial charge on any atom is -0.459 e. The van der Waals surface area contributed by atoms with Crippen LogP contribution in [0, 0.1) is 5.41 Å². The minimum atomic E-state index is 0.288. The molecule has 0 aliphatic heterocycles. The summed E-state index contributed by atoms with van der Waals surface area (Å²) in [6, 6.07) is 8.68. The van der Waals surface area contributed by atoms with Crippen LogP contribution in [0.4, 0.5) is 0 Å². The molecule has 1 aliphatic rings. The van der Waals surface area contributed by atoms with Gasteiger partial charge >= 0.3 is 0 Å². The van der Waals surface area contributed by atoms with E-state index in [0.29, 0.717) is 5.41 Å². The Labute approximate surface area is 127 Å². The quantitative estimate of drug-likeness (QED) is 0.786. The molecule has 1 heterocycles. The van der Waals surface area contributed by atoms with Gasteiger partial charge in [0, 0.05) is 17.5 Å². The molecule has 0 radical (unpaired) electrons. The van der Waals surface area contributed by atoms with Gasteiger partial charge in [-0.25, -0.2) is 0 Å². The van der Waals surface area contributed by atoms with Crippen molar-refractivity contribution in [2.75, 3.05) is 6.54 Å². The van der Waals surface area contributed by atoms with Crippen LogP contribution in [0.3, 0.4) is 0 Å². The van der Waals surface area contributed by atoms with Gasteiger partial charge in [0.2, 0.25) is 0 Å². The number of benzene rings is 1. The molecule has 3 rings (SSSR count). The van der Waals surface area contributed by atoms with E-state index >= 15 is 0 Å². The van der Waals surface area contributed by atoms with Crippen molar-refractivity contribution < 1.29 is 4.42 Å². The Morgan fingerprint density at radius 2 is 2.00 bits per heavy atom. The van der Waals surface area contributed by atoms with E-state index in [1.54, 1.807) is 0 Å². The average molecular weight is 285 g/mol. The normalized spacial score (nSPS) is 18.6. The second-order valence-corrected chi connectivity index (χ2v) is 6.60. The number of hydrogen-bond donors (Lipinski definition) is 1. The van der Waals surface area contributed by atoms with Crippen LogP contribution in [0.15, 0.2) is 28.7 Å². The molecule has 114 valence electrons. The number of rotatable bonds is 6. The highest BCUT2D eigenvalue weighted by molar-refractivity contribution is 5.82. The molecule has 2 nitrogen and oxygen atoms in total. The zero-order valence-corrected chi connectivity index (χ0v) is 13.5. The number of hydrogen-bond acceptors (Lipinski definition) is 2. The van der Waals surface area contributed by atoms with Crippen LogP contribution in [0.5, 0.6) is 0 Å². The first kappa shape index (κ1) is 14.6. The molecule has 1 fully saturated rings. The summed E-state index contributed by atoms with van der Waals surface area (Å²) in [5.41, 5.74) is 2.93. The highest BCUT2D eigenvalue weighted by Gasteiger charge is 2.35. The SMILES string of the molecule is CCc1c(C(C)NCC2(CC)CCC2)oc2ccccc12. The van der Waals surface area contributed by atoms with E-state index in [-0.39, 0.29) is 6.04 Å². The standard InChI is InChI=1S/C19H27NO/c1-4-15-16-9-6-7-10-17(16)21-18(15)14(3)20-13-19(5-2)11-8-12-19/h6-7,9-10,14,20H,4-5,8,11-13H2,1-3H3. The van der Waals surface area contributed by atoms with Crippen molar-refractivity contribution in [1.29, 1.82) is 0 Å². The van der Waals surface area contributed by atoms with E-state index in [9.17, 15) is 0 Å². The Morgan fingerprint density at radius 1 is 1.24 bits per heavy atom.